The molecule has 0 heterocycles. The minimum absolute atomic E-state index is 0.0364. The predicted octanol–water partition coefficient (Wildman–Crippen LogP) is 4.00. The van der Waals surface area contributed by atoms with Crippen LogP contribution in [0.25, 0.3) is 0 Å². The lowest BCUT2D eigenvalue weighted by molar-refractivity contribution is -0.148. The van der Waals surface area contributed by atoms with Gasteiger partial charge >= 0.3 is 5.97 Å². The van der Waals surface area contributed by atoms with Crippen molar-refractivity contribution < 1.29 is 19.1 Å². The summed E-state index contributed by atoms with van der Waals surface area (Å²) in [6, 6.07) is 13.5. The Labute approximate surface area is 171 Å². The molecule has 2 aromatic rings. The molecule has 1 aliphatic rings. The number of hydrogen-bond donors (Lipinski definition) is 1. The number of carbonyl (C=O) groups is 3. The third kappa shape index (κ3) is 5.53. The molecule has 1 N–H and O–H groups in total. The zero-order valence-corrected chi connectivity index (χ0v) is 17.0. The molecular formula is C24H27NO4. The summed E-state index contributed by atoms with van der Waals surface area (Å²) in [6.07, 6.45) is 2.94. The summed E-state index contributed by atoms with van der Waals surface area (Å²) in [5, 5.41) is 2.95. The van der Waals surface area contributed by atoms with E-state index in [1.807, 2.05) is 44.2 Å². The smallest absolute Gasteiger partial charge is 0.306 e. The molecule has 1 unspecified atom stereocenters. The normalized spacial score (nSPS) is 15.3. The molecule has 1 amide bonds. The standard InChI is InChI=1S/C24H27NO4/c1-16-10-11-19(14-17(16)2)22(26)12-13-24(28)29-15-23(27)25-21-9-5-7-18-6-3-4-8-20(18)21/h3-4,6,8,10-11,14,21H,5,7,9,12-13,15H2,1-2H3,(H,25,27). The van der Waals surface area contributed by atoms with Crippen molar-refractivity contribution in [2.45, 2.75) is 52.0 Å². The molecule has 5 heteroatoms. The van der Waals surface area contributed by atoms with Gasteiger partial charge in [-0.15, -0.1) is 0 Å². The predicted molar refractivity (Wildman–Crippen MR) is 111 cm³/mol. The number of benzene rings is 2. The molecule has 0 aliphatic heterocycles. The molecule has 0 aromatic heterocycles. The van der Waals surface area contributed by atoms with Crippen LogP contribution in [0.5, 0.6) is 0 Å². The maximum atomic E-state index is 12.2. The van der Waals surface area contributed by atoms with Gasteiger partial charge in [-0.05, 0) is 61.4 Å². The van der Waals surface area contributed by atoms with Gasteiger partial charge in [-0.25, -0.2) is 0 Å². The Balaban J connectivity index is 1.43. The number of aryl methyl sites for hydroxylation is 3. The van der Waals surface area contributed by atoms with E-state index in [2.05, 4.69) is 11.4 Å². The highest BCUT2D eigenvalue weighted by molar-refractivity contribution is 5.97. The van der Waals surface area contributed by atoms with Gasteiger partial charge in [0.1, 0.15) is 0 Å². The molecule has 1 aliphatic carbocycles. The lowest BCUT2D eigenvalue weighted by atomic mass is 9.88. The van der Waals surface area contributed by atoms with Crippen LogP contribution in [-0.2, 0) is 20.7 Å². The van der Waals surface area contributed by atoms with E-state index in [-0.39, 0.29) is 37.2 Å². The van der Waals surface area contributed by atoms with Crippen molar-refractivity contribution in [2.75, 3.05) is 6.61 Å². The zero-order valence-electron chi connectivity index (χ0n) is 17.0. The first-order valence-corrected chi connectivity index (χ1v) is 10.1. The molecular weight excluding hydrogens is 366 g/mol. The fourth-order valence-corrected chi connectivity index (χ4v) is 3.63. The Hall–Kier alpha value is -2.95. The number of amides is 1. The molecule has 0 saturated carbocycles. The Morgan fingerprint density at radius 1 is 1.03 bits per heavy atom. The van der Waals surface area contributed by atoms with Gasteiger partial charge < -0.3 is 10.1 Å². The molecule has 5 nitrogen and oxygen atoms in total. The van der Waals surface area contributed by atoms with Crippen molar-refractivity contribution in [1.82, 2.24) is 5.32 Å². The molecule has 0 fully saturated rings. The summed E-state index contributed by atoms with van der Waals surface area (Å²) in [4.78, 5) is 36.4. The van der Waals surface area contributed by atoms with Crippen LogP contribution in [0.15, 0.2) is 42.5 Å². The van der Waals surface area contributed by atoms with Gasteiger partial charge in [0, 0.05) is 12.0 Å². The van der Waals surface area contributed by atoms with Crippen LogP contribution in [0.3, 0.4) is 0 Å². The summed E-state index contributed by atoms with van der Waals surface area (Å²) < 4.78 is 5.06. The first-order valence-electron chi connectivity index (χ1n) is 10.1. The van der Waals surface area contributed by atoms with Gasteiger partial charge in [-0.2, -0.15) is 0 Å². The fourth-order valence-electron chi connectivity index (χ4n) is 3.63. The summed E-state index contributed by atoms with van der Waals surface area (Å²) in [7, 11) is 0. The van der Waals surface area contributed by atoms with Crippen LogP contribution in [0.1, 0.15) is 64.3 Å². The summed E-state index contributed by atoms with van der Waals surface area (Å²) in [6.45, 7) is 3.61. The molecule has 0 bridgehead atoms. The zero-order chi connectivity index (χ0) is 20.8. The SMILES string of the molecule is Cc1ccc(C(=O)CCC(=O)OCC(=O)NC2CCCc3ccccc32)cc1C. The lowest BCUT2D eigenvalue weighted by Crippen LogP contribution is -2.34. The van der Waals surface area contributed by atoms with Gasteiger partial charge in [0.05, 0.1) is 12.5 Å². The molecule has 0 spiro atoms. The number of esters is 1. The summed E-state index contributed by atoms with van der Waals surface area (Å²) >= 11 is 0. The van der Waals surface area contributed by atoms with Crippen LogP contribution in [0.2, 0.25) is 0 Å². The first-order chi connectivity index (χ1) is 13.9. The van der Waals surface area contributed by atoms with E-state index >= 15 is 0 Å². The number of rotatable bonds is 7. The van der Waals surface area contributed by atoms with Crippen molar-refractivity contribution in [2.24, 2.45) is 0 Å². The van der Waals surface area contributed by atoms with Crippen LogP contribution in [-0.4, -0.2) is 24.3 Å². The number of fused-ring (bicyclic) bond motifs is 1. The molecule has 1 atom stereocenters. The van der Waals surface area contributed by atoms with E-state index in [1.165, 1.54) is 5.56 Å². The van der Waals surface area contributed by atoms with E-state index in [1.54, 1.807) is 6.07 Å². The van der Waals surface area contributed by atoms with E-state index < -0.39 is 5.97 Å². The first kappa shape index (κ1) is 20.8. The van der Waals surface area contributed by atoms with Gasteiger partial charge in [0.15, 0.2) is 12.4 Å². The van der Waals surface area contributed by atoms with Gasteiger partial charge in [0.2, 0.25) is 0 Å². The summed E-state index contributed by atoms with van der Waals surface area (Å²) in [5.41, 5.74) is 5.14. The minimum atomic E-state index is -0.540. The van der Waals surface area contributed by atoms with Crippen LogP contribution in [0, 0.1) is 13.8 Å². The number of nitrogens with one attached hydrogen (secondary N) is 1. The molecule has 2 aromatic carbocycles. The topological polar surface area (TPSA) is 72.5 Å². The number of carbonyl (C=O) groups excluding carboxylic acids is 3. The Bertz CT molecular complexity index is 919. The fraction of sp³-hybridized carbons (Fsp3) is 0.375. The average molecular weight is 393 g/mol. The van der Waals surface area contributed by atoms with Crippen molar-refractivity contribution in [3.8, 4) is 0 Å². The largest absolute Gasteiger partial charge is 0.456 e. The molecule has 0 radical (unpaired) electrons. The maximum Gasteiger partial charge on any atom is 0.306 e. The molecule has 0 saturated heterocycles. The second kappa shape index (κ2) is 9.50. The monoisotopic (exact) mass is 393 g/mol. The average Bonchev–Trinajstić information content (AvgIpc) is 2.72. The van der Waals surface area contributed by atoms with Crippen molar-refractivity contribution >= 4 is 17.7 Å². The number of ketones is 1. The van der Waals surface area contributed by atoms with Crippen molar-refractivity contribution in [3.05, 3.63) is 70.3 Å². The third-order valence-electron chi connectivity index (χ3n) is 5.45. The third-order valence-corrected chi connectivity index (χ3v) is 5.45. The molecule has 29 heavy (non-hydrogen) atoms. The second-order valence-electron chi connectivity index (χ2n) is 7.59. The van der Waals surface area contributed by atoms with Crippen LogP contribution in [0.4, 0.5) is 0 Å². The van der Waals surface area contributed by atoms with E-state index in [0.717, 1.165) is 36.0 Å². The minimum Gasteiger partial charge on any atom is -0.456 e. The Morgan fingerprint density at radius 3 is 2.62 bits per heavy atom. The van der Waals surface area contributed by atoms with Crippen molar-refractivity contribution in [3.63, 3.8) is 0 Å². The molecule has 152 valence electrons. The second-order valence-corrected chi connectivity index (χ2v) is 7.59. The number of Topliss-reactive ketones (excluding diaryl/α,β-unsaturated/α-hetero) is 1. The van der Waals surface area contributed by atoms with Crippen molar-refractivity contribution in [1.29, 1.82) is 0 Å². The van der Waals surface area contributed by atoms with Gasteiger partial charge in [-0.3, -0.25) is 14.4 Å². The lowest BCUT2D eigenvalue weighted by Gasteiger charge is -2.26. The Morgan fingerprint density at radius 2 is 1.83 bits per heavy atom. The summed E-state index contributed by atoms with van der Waals surface area (Å²) in [5.74, 6) is -0.963. The number of ether oxygens (including phenoxy) is 1. The highest BCUT2D eigenvalue weighted by Crippen LogP contribution is 2.29. The van der Waals surface area contributed by atoms with Crippen LogP contribution >= 0.6 is 0 Å². The van der Waals surface area contributed by atoms with Gasteiger partial charge in [0.25, 0.3) is 5.91 Å². The van der Waals surface area contributed by atoms with E-state index in [9.17, 15) is 14.4 Å². The highest BCUT2D eigenvalue weighted by atomic mass is 16.5. The van der Waals surface area contributed by atoms with E-state index in [4.69, 9.17) is 4.74 Å². The van der Waals surface area contributed by atoms with Crippen LogP contribution < -0.4 is 5.32 Å². The van der Waals surface area contributed by atoms with Gasteiger partial charge in [-0.1, -0.05) is 36.4 Å². The molecule has 3 rings (SSSR count). The quantitative estimate of drug-likeness (QED) is 0.570. The van der Waals surface area contributed by atoms with E-state index in [0.29, 0.717) is 5.56 Å². The number of hydrogen-bond acceptors (Lipinski definition) is 4. The highest BCUT2D eigenvalue weighted by Gasteiger charge is 2.22. The maximum absolute atomic E-state index is 12.2. The Kier molecular flexibility index (Phi) is 6.81.